The van der Waals surface area contributed by atoms with E-state index < -0.39 is 0 Å². The molecular weight excluding hydrogens is 317 g/mol. The maximum absolute atomic E-state index is 13.5. The second kappa shape index (κ2) is 8.34. The topological polar surface area (TPSA) is 55.5 Å². The highest BCUT2D eigenvalue weighted by atomic mass is 19.1. The SMILES string of the molecule is CCNC(=NCC1CCCN1C)NCCc1c[nH]c2ccc(F)cc12. The summed E-state index contributed by atoms with van der Waals surface area (Å²) in [6, 6.07) is 5.41. The van der Waals surface area contributed by atoms with Crippen molar-refractivity contribution < 1.29 is 4.39 Å². The van der Waals surface area contributed by atoms with E-state index in [0.29, 0.717) is 6.04 Å². The first-order valence-electron chi connectivity index (χ1n) is 9.15. The van der Waals surface area contributed by atoms with E-state index >= 15 is 0 Å². The predicted molar refractivity (Wildman–Crippen MR) is 102 cm³/mol. The highest BCUT2D eigenvalue weighted by Crippen LogP contribution is 2.19. The zero-order valence-electron chi connectivity index (χ0n) is 15.1. The fraction of sp³-hybridized carbons (Fsp3) is 0.526. The zero-order chi connectivity index (χ0) is 17.6. The van der Waals surface area contributed by atoms with Gasteiger partial charge in [-0.05, 0) is 63.5 Å². The van der Waals surface area contributed by atoms with Crippen LogP contribution >= 0.6 is 0 Å². The minimum absolute atomic E-state index is 0.197. The number of aromatic nitrogens is 1. The molecule has 6 heteroatoms. The molecule has 3 N–H and O–H groups in total. The van der Waals surface area contributed by atoms with Crippen LogP contribution in [0.4, 0.5) is 4.39 Å². The van der Waals surface area contributed by atoms with E-state index in [4.69, 9.17) is 4.99 Å². The number of hydrogen-bond acceptors (Lipinski definition) is 2. The third-order valence-electron chi connectivity index (χ3n) is 4.89. The van der Waals surface area contributed by atoms with Gasteiger partial charge >= 0.3 is 0 Å². The lowest BCUT2D eigenvalue weighted by Gasteiger charge is -2.18. The molecule has 25 heavy (non-hydrogen) atoms. The van der Waals surface area contributed by atoms with Gasteiger partial charge in [-0.1, -0.05) is 0 Å². The number of likely N-dealkylation sites (tertiary alicyclic amines) is 1. The largest absolute Gasteiger partial charge is 0.361 e. The molecule has 0 spiro atoms. The Bertz CT molecular complexity index is 724. The van der Waals surface area contributed by atoms with Crippen LogP contribution in [0.15, 0.2) is 29.4 Å². The Kier molecular flexibility index (Phi) is 5.91. The Morgan fingerprint density at radius 1 is 1.40 bits per heavy atom. The summed E-state index contributed by atoms with van der Waals surface area (Å²) in [6.45, 7) is 5.66. The number of fused-ring (bicyclic) bond motifs is 1. The van der Waals surface area contributed by atoms with Crippen molar-refractivity contribution in [2.75, 3.05) is 33.2 Å². The van der Waals surface area contributed by atoms with Gasteiger partial charge in [0.2, 0.25) is 0 Å². The number of H-pyrrole nitrogens is 1. The summed E-state index contributed by atoms with van der Waals surface area (Å²) in [6.07, 6.45) is 5.26. The Morgan fingerprint density at radius 3 is 3.04 bits per heavy atom. The summed E-state index contributed by atoms with van der Waals surface area (Å²) in [5.41, 5.74) is 2.09. The third-order valence-corrected chi connectivity index (χ3v) is 4.89. The molecule has 1 aromatic heterocycles. The van der Waals surface area contributed by atoms with Crippen molar-refractivity contribution in [1.29, 1.82) is 0 Å². The molecular formula is C19H28FN5. The van der Waals surface area contributed by atoms with Crippen LogP contribution in [-0.2, 0) is 6.42 Å². The van der Waals surface area contributed by atoms with Gasteiger partial charge in [0.1, 0.15) is 5.82 Å². The molecule has 0 bridgehead atoms. The lowest BCUT2D eigenvalue weighted by Crippen LogP contribution is -2.39. The molecule has 0 aliphatic carbocycles. The summed E-state index contributed by atoms with van der Waals surface area (Å²) < 4.78 is 13.5. The number of aromatic amines is 1. The van der Waals surface area contributed by atoms with E-state index in [0.717, 1.165) is 48.5 Å². The fourth-order valence-corrected chi connectivity index (χ4v) is 3.42. The molecule has 1 atom stereocenters. The molecule has 0 amide bonds. The average Bonchev–Trinajstić information content (AvgIpc) is 3.19. The highest BCUT2D eigenvalue weighted by molar-refractivity contribution is 5.83. The third kappa shape index (κ3) is 4.51. The first-order valence-corrected chi connectivity index (χ1v) is 9.15. The van der Waals surface area contributed by atoms with Crippen molar-refractivity contribution in [2.45, 2.75) is 32.2 Å². The predicted octanol–water partition coefficient (Wildman–Crippen LogP) is 2.50. The Balaban J connectivity index is 1.56. The summed E-state index contributed by atoms with van der Waals surface area (Å²) in [4.78, 5) is 10.3. The van der Waals surface area contributed by atoms with Crippen LogP contribution in [0.1, 0.15) is 25.3 Å². The van der Waals surface area contributed by atoms with E-state index in [9.17, 15) is 4.39 Å². The molecule has 1 unspecified atom stereocenters. The van der Waals surface area contributed by atoms with E-state index in [1.165, 1.54) is 25.5 Å². The number of guanidine groups is 1. The van der Waals surface area contributed by atoms with Gasteiger partial charge in [0.15, 0.2) is 5.96 Å². The van der Waals surface area contributed by atoms with E-state index in [2.05, 4.69) is 34.5 Å². The molecule has 3 rings (SSSR count). The van der Waals surface area contributed by atoms with Crippen LogP contribution in [0.2, 0.25) is 0 Å². The number of nitrogens with one attached hydrogen (secondary N) is 3. The monoisotopic (exact) mass is 345 g/mol. The van der Waals surface area contributed by atoms with Gasteiger partial charge in [0.25, 0.3) is 0 Å². The van der Waals surface area contributed by atoms with Crippen LogP contribution in [0.3, 0.4) is 0 Å². The van der Waals surface area contributed by atoms with Crippen molar-refractivity contribution in [3.05, 3.63) is 35.8 Å². The maximum atomic E-state index is 13.5. The van der Waals surface area contributed by atoms with Gasteiger partial charge in [-0.3, -0.25) is 4.99 Å². The molecule has 5 nitrogen and oxygen atoms in total. The van der Waals surface area contributed by atoms with Crippen molar-refractivity contribution in [3.8, 4) is 0 Å². The summed E-state index contributed by atoms with van der Waals surface area (Å²) in [5, 5.41) is 7.65. The fourth-order valence-electron chi connectivity index (χ4n) is 3.42. The standard InChI is InChI=1S/C19H28FN5/c1-3-21-19(24-13-16-5-4-10-25(16)2)22-9-8-14-12-23-18-7-6-15(20)11-17(14)18/h6-7,11-12,16,23H,3-5,8-10,13H2,1-2H3,(H2,21,22,24). The van der Waals surface area contributed by atoms with E-state index in [1.54, 1.807) is 12.1 Å². The van der Waals surface area contributed by atoms with Gasteiger partial charge in [-0.15, -0.1) is 0 Å². The number of benzene rings is 1. The Hall–Kier alpha value is -2.08. The van der Waals surface area contributed by atoms with Crippen molar-refractivity contribution >= 4 is 16.9 Å². The molecule has 1 aliphatic heterocycles. The van der Waals surface area contributed by atoms with E-state index in [1.807, 2.05) is 6.20 Å². The molecule has 2 heterocycles. The van der Waals surface area contributed by atoms with Crippen LogP contribution in [-0.4, -0.2) is 55.1 Å². The van der Waals surface area contributed by atoms with Gasteiger partial charge in [0, 0.05) is 36.2 Å². The normalized spacial score (nSPS) is 18.8. The van der Waals surface area contributed by atoms with Gasteiger partial charge < -0.3 is 20.5 Å². The molecule has 2 aromatic rings. The highest BCUT2D eigenvalue weighted by Gasteiger charge is 2.20. The zero-order valence-corrected chi connectivity index (χ0v) is 15.1. The molecule has 1 saturated heterocycles. The van der Waals surface area contributed by atoms with Crippen LogP contribution in [0.25, 0.3) is 10.9 Å². The van der Waals surface area contributed by atoms with Crippen LogP contribution in [0, 0.1) is 5.82 Å². The molecule has 1 aliphatic rings. The lowest BCUT2D eigenvalue weighted by atomic mass is 10.1. The van der Waals surface area contributed by atoms with Crippen LogP contribution in [0.5, 0.6) is 0 Å². The number of hydrogen-bond donors (Lipinski definition) is 3. The van der Waals surface area contributed by atoms with Crippen molar-refractivity contribution in [2.24, 2.45) is 4.99 Å². The second-order valence-corrected chi connectivity index (χ2v) is 6.68. The molecule has 0 radical (unpaired) electrons. The van der Waals surface area contributed by atoms with Crippen molar-refractivity contribution in [1.82, 2.24) is 20.5 Å². The van der Waals surface area contributed by atoms with Crippen LogP contribution < -0.4 is 10.6 Å². The van der Waals surface area contributed by atoms with Gasteiger partial charge in [0.05, 0.1) is 6.54 Å². The van der Waals surface area contributed by atoms with Gasteiger partial charge in [-0.2, -0.15) is 0 Å². The van der Waals surface area contributed by atoms with Crippen molar-refractivity contribution in [3.63, 3.8) is 0 Å². The van der Waals surface area contributed by atoms with Gasteiger partial charge in [-0.25, -0.2) is 4.39 Å². The smallest absolute Gasteiger partial charge is 0.191 e. The Morgan fingerprint density at radius 2 is 2.28 bits per heavy atom. The number of aliphatic imine (C=N–C) groups is 1. The molecule has 1 aromatic carbocycles. The minimum atomic E-state index is -0.197. The molecule has 136 valence electrons. The minimum Gasteiger partial charge on any atom is -0.361 e. The summed E-state index contributed by atoms with van der Waals surface area (Å²) in [7, 11) is 2.17. The first kappa shape index (κ1) is 17.7. The van der Waals surface area contributed by atoms with E-state index in [-0.39, 0.29) is 5.82 Å². The maximum Gasteiger partial charge on any atom is 0.191 e. The summed E-state index contributed by atoms with van der Waals surface area (Å²) in [5.74, 6) is 0.658. The summed E-state index contributed by atoms with van der Waals surface area (Å²) >= 11 is 0. The first-order chi connectivity index (χ1) is 12.2. The second-order valence-electron chi connectivity index (χ2n) is 6.68. The number of nitrogens with zero attached hydrogens (tertiary/aromatic N) is 2. The quantitative estimate of drug-likeness (QED) is 0.557. The molecule has 1 fully saturated rings. The number of rotatable bonds is 6. The Labute approximate surface area is 148 Å². The number of likely N-dealkylation sites (N-methyl/N-ethyl adjacent to an activating group) is 1. The molecule has 0 saturated carbocycles. The average molecular weight is 345 g/mol. The lowest BCUT2D eigenvalue weighted by molar-refractivity contribution is 0.317. The number of halogens is 1.